The Bertz CT molecular complexity index is 617. The van der Waals surface area contributed by atoms with Gasteiger partial charge in [0.05, 0.1) is 10.0 Å². The zero-order valence-corrected chi connectivity index (χ0v) is 12.9. The lowest BCUT2D eigenvalue weighted by molar-refractivity contribution is 0.0748. The second kappa shape index (κ2) is 7.46. The Labute approximate surface area is 134 Å². The van der Waals surface area contributed by atoms with Crippen molar-refractivity contribution in [1.82, 2.24) is 4.90 Å². The summed E-state index contributed by atoms with van der Waals surface area (Å²) in [4.78, 5) is 14.3. The van der Waals surface area contributed by atoms with Crippen molar-refractivity contribution >= 4 is 29.1 Å². The molecule has 110 valence electrons. The maximum Gasteiger partial charge on any atom is 0.254 e. The second-order valence-electron chi connectivity index (χ2n) is 4.63. The van der Waals surface area contributed by atoms with E-state index >= 15 is 0 Å². The number of benzene rings is 2. The zero-order valence-electron chi connectivity index (χ0n) is 11.4. The quantitative estimate of drug-likeness (QED) is 0.914. The van der Waals surface area contributed by atoms with E-state index in [0.717, 1.165) is 5.56 Å². The molecule has 0 aliphatic heterocycles. The van der Waals surface area contributed by atoms with E-state index in [0.29, 0.717) is 35.2 Å². The van der Waals surface area contributed by atoms with Gasteiger partial charge in [-0.15, -0.1) is 0 Å². The van der Waals surface area contributed by atoms with E-state index in [2.05, 4.69) is 0 Å². The molecule has 0 radical (unpaired) electrons. The summed E-state index contributed by atoms with van der Waals surface area (Å²) in [6.07, 6.45) is 0. The van der Waals surface area contributed by atoms with Crippen LogP contribution in [0.3, 0.4) is 0 Å². The number of carbonyl (C=O) groups is 1. The monoisotopic (exact) mass is 322 g/mol. The van der Waals surface area contributed by atoms with Gasteiger partial charge < -0.3 is 10.6 Å². The molecule has 2 rings (SSSR count). The largest absolute Gasteiger partial charge is 0.333 e. The van der Waals surface area contributed by atoms with Crippen LogP contribution in [-0.2, 0) is 6.54 Å². The molecule has 0 aliphatic rings. The molecule has 0 atom stereocenters. The van der Waals surface area contributed by atoms with Crippen LogP contribution >= 0.6 is 23.2 Å². The Kier molecular flexibility index (Phi) is 5.62. The van der Waals surface area contributed by atoms with Gasteiger partial charge in [-0.1, -0.05) is 53.5 Å². The molecule has 21 heavy (non-hydrogen) atoms. The van der Waals surface area contributed by atoms with Gasteiger partial charge in [0, 0.05) is 25.2 Å². The highest BCUT2D eigenvalue weighted by Crippen LogP contribution is 2.23. The van der Waals surface area contributed by atoms with E-state index in [9.17, 15) is 4.79 Å². The summed E-state index contributed by atoms with van der Waals surface area (Å²) in [6.45, 7) is 1.39. The van der Waals surface area contributed by atoms with Gasteiger partial charge in [0.1, 0.15) is 0 Å². The minimum absolute atomic E-state index is 0.108. The van der Waals surface area contributed by atoms with E-state index in [-0.39, 0.29) is 5.91 Å². The van der Waals surface area contributed by atoms with Crippen LogP contribution in [0.2, 0.25) is 10.0 Å². The summed E-state index contributed by atoms with van der Waals surface area (Å²) in [5.41, 5.74) is 7.17. The Morgan fingerprint density at radius 3 is 2.38 bits per heavy atom. The topological polar surface area (TPSA) is 46.3 Å². The molecule has 0 heterocycles. The van der Waals surface area contributed by atoms with Crippen LogP contribution in [0, 0.1) is 0 Å². The molecule has 0 fully saturated rings. The normalized spacial score (nSPS) is 10.4. The molecule has 2 N–H and O–H groups in total. The van der Waals surface area contributed by atoms with Crippen molar-refractivity contribution < 1.29 is 4.79 Å². The van der Waals surface area contributed by atoms with Crippen molar-refractivity contribution in [2.75, 3.05) is 13.1 Å². The average molecular weight is 323 g/mol. The fraction of sp³-hybridized carbons (Fsp3) is 0.188. The number of amides is 1. The molecule has 5 heteroatoms. The number of nitrogens with zero attached hydrogens (tertiary/aromatic N) is 1. The maximum absolute atomic E-state index is 12.6. The molecule has 1 amide bonds. The average Bonchev–Trinajstić information content (AvgIpc) is 2.50. The van der Waals surface area contributed by atoms with Crippen LogP contribution in [0.1, 0.15) is 15.9 Å². The van der Waals surface area contributed by atoms with E-state index < -0.39 is 0 Å². The smallest absolute Gasteiger partial charge is 0.254 e. The Hall–Kier alpha value is -1.55. The fourth-order valence-corrected chi connectivity index (χ4v) is 2.32. The van der Waals surface area contributed by atoms with E-state index in [1.165, 1.54) is 0 Å². The Balaban J connectivity index is 2.20. The minimum Gasteiger partial charge on any atom is -0.333 e. The van der Waals surface area contributed by atoms with Gasteiger partial charge in [0.2, 0.25) is 0 Å². The van der Waals surface area contributed by atoms with Crippen LogP contribution in [0.5, 0.6) is 0 Å². The van der Waals surface area contributed by atoms with E-state index in [1.807, 2.05) is 30.3 Å². The van der Waals surface area contributed by atoms with E-state index in [1.54, 1.807) is 23.1 Å². The van der Waals surface area contributed by atoms with Crippen LogP contribution in [0.25, 0.3) is 0 Å². The zero-order chi connectivity index (χ0) is 15.2. The van der Waals surface area contributed by atoms with Gasteiger partial charge in [-0.05, 0) is 23.8 Å². The molecule has 0 spiro atoms. The summed E-state index contributed by atoms with van der Waals surface area (Å²) < 4.78 is 0. The summed E-state index contributed by atoms with van der Waals surface area (Å²) in [6, 6.07) is 14.7. The lowest BCUT2D eigenvalue weighted by atomic mass is 10.1. The van der Waals surface area contributed by atoms with Gasteiger partial charge in [-0.3, -0.25) is 4.79 Å². The first-order valence-corrected chi connectivity index (χ1v) is 7.35. The highest BCUT2D eigenvalue weighted by molar-refractivity contribution is 6.42. The highest BCUT2D eigenvalue weighted by atomic mass is 35.5. The minimum atomic E-state index is -0.108. The molecule has 2 aromatic rings. The van der Waals surface area contributed by atoms with Crippen molar-refractivity contribution in [3.63, 3.8) is 0 Å². The summed E-state index contributed by atoms with van der Waals surface area (Å²) in [7, 11) is 0. The van der Waals surface area contributed by atoms with Gasteiger partial charge in [0.25, 0.3) is 5.91 Å². The van der Waals surface area contributed by atoms with Gasteiger partial charge in [-0.2, -0.15) is 0 Å². The molecular weight excluding hydrogens is 307 g/mol. The van der Waals surface area contributed by atoms with Crippen molar-refractivity contribution in [3.05, 3.63) is 69.7 Å². The first-order valence-electron chi connectivity index (χ1n) is 6.60. The Morgan fingerprint density at radius 1 is 1.05 bits per heavy atom. The first kappa shape index (κ1) is 15.8. The summed E-state index contributed by atoms with van der Waals surface area (Å²) >= 11 is 11.9. The van der Waals surface area contributed by atoms with Crippen LogP contribution in [-0.4, -0.2) is 23.9 Å². The van der Waals surface area contributed by atoms with Crippen molar-refractivity contribution in [1.29, 1.82) is 0 Å². The number of nitrogens with two attached hydrogens (primary N) is 1. The van der Waals surface area contributed by atoms with Crippen molar-refractivity contribution in [2.24, 2.45) is 5.73 Å². The third-order valence-electron chi connectivity index (χ3n) is 3.07. The number of carbonyl (C=O) groups excluding carboxylic acids is 1. The number of hydrogen-bond donors (Lipinski definition) is 1. The SMILES string of the molecule is NCCN(Cc1ccccc1)C(=O)c1ccc(Cl)c(Cl)c1. The first-order chi connectivity index (χ1) is 10.1. The molecule has 0 saturated carbocycles. The second-order valence-corrected chi connectivity index (χ2v) is 5.44. The Morgan fingerprint density at radius 2 is 1.76 bits per heavy atom. The molecule has 3 nitrogen and oxygen atoms in total. The third-order valence-corrected chi connectivity index (χ3v) is 3.81. The summed E-state index contributed by atoms with van der Waals surface area (Å²) in [5, 5.41) is 0.802. The molecule has 0 aromatic heterocycles. The highest BCUT2D eigenvalue weighted by Gasteiger charge is 2.16. The van der Waals surface area contributed by atoms with Gasteiger partial charge >= 0.3 is 0 Å². The van der Waals surface area contributed by atoms with Crippen molar-refractivity contribution in [3.8, 4) is 0 Å². The number of halogens is 2. The molecule has 2 aromatic carbocycles. The number of rotatable bonds is 5. The lowest BCUT2D eigenvalue weighted by Gasteiger charge is -2.22. The third kappa shape index (κ3) is 4.21. The van der Waals surface area contributed by atoms with Crippen molar-refractivity contribution in [2.45, 2.75) is 6.54 Å². The molecule has 0 bridgehead atoms. The van der Waals surface area contributed by atoms with E-state index in [4.69, 9.17) is 28.9 Å². The predicted octanol–water partition coefficient (Wildman–Crippen LogP) is 3.59. The standard InChI is InChI=1S/C16H16Cl2N2O/c17-14-7-6-13(10-15(14)18)16(21)20(9-8-19)11-12-4-2-1-3-5-12/h1-7,10H,8-9,11,19H2. The van der Waals surface area contributed by atoms with Crippen LogP contribution in [0.4, 0.5) is 0 Å². The van der Waals surface area contributed by atoms with Gasteiger partial charge in [-0.25, -0.2) is 0 Å². The molecule has 0 unspecified atom stereocenters. The van der Waals surface area contributed by atoms with Gasteiger partial charge in [0.15, 0.2) is 0 Å². The summed E-state index contributed by atoms with van der Waals surface area (Å²) in [5.74, 6) is -0.108. The maximum atomic E-state index is 12.6. The lowest BCUT2D eigenvalue weighted by Crippen LogP contribution is -2.34. The van der Waals surface area contributed by atoms with Crippen LogP contribution in [0.15, 0.2) is 48.5 Å². The molecule has 0 saturated heterocycles. The van der Waals surface area contributed by atoms with Crippen LogP contribution < -0.4 is 5.73 Å². The fourth-order valence-electron chi connectivity index (χ4n) is 2.02. The molecule has 0 aliphatic carbocycles. The number of hydrogen-bond acceptors (Lipinski definition) is 2. The predicted molar refractivity (Wildman–Crippen MR) is 86.7 cm³/mol. The molecular formula is C16H16Cl2N2O.